The lowest BCUT2D eigenvalue weighted by molar-refractivity contribution is -0.122. The maximum Gasteiger partial charge on any atom is 0.412 e. The lowest BCUT2D eigenvalue weighted by Crippen LogP contribution is -2.38. The van der Waals surface area contributed by atoms with Crippen molar-refractivity contribution in [3.8, 4) is 0 Å². The predicted octanol–water partition coefficient (Wildman–Crippen LogP) is -1.07. The van der Waals surface area contributed by atoms with Crippen LogP contribution in [-0.4, -0.2) is 53.2 Å². The molecule has 0 aromatic carbocycles. The SMILES string of the molecule is COC(=O)Nc1cn(CC(=O)NC2CCNC2)nn1. The highest BCUT2D eigenvalue weighted by Crippen LogP contribution is 2.01. The van der Waals surface area contributed by atoms with Crippen LogP contribution in [0.1, 0.15) is 6.42 Å². The molecule has 104 valence electrons. The van der Waals surface area contributed by atoms with E-state index in [4.69, 9.17) is 0 Å². The maximum atomic E-state index is 11.7. The van der Waals surface area contributed by atoms with Crippen molar-refractivity contribution in [3.63, 3.8) is 0 Å². The van der Waals surface area contributed by atoms with Gasteiger partial charge in [0.15, 0.2) is 5.82 Å². The quantitative estimate of drug-likeness (QED) is 0.641. The van der Waals surface area contributed by atoms with Crippen molar-refractivity contribution in [1.82, 2.24) is 25.6 Å². The highest BCUT2D eigenvalue weighted by Gasteiger charge is 2.17. The van der Waals surface area contributed by atoms with Crippen molar-refractivity contribution in [1.29, 1.82) is 0 Å². The van der Waals surface area contributed by atoms with Crippen LogP contribution in [0.4, 0.5) is 10.6 Å². The van der Waals surface area contributed by atoms with Crippen molar-refractivity contribution in [2.75, 3.05) is 25.5 Å². The second-order valence-electron chi connectivity index (χ2n) is 4.18. The average molecular weight is 268 g/mol. The second kappa shape index (κ2) is 6.14. The third-order valence-electron chi connectivity index (χ3n) is 2.69. The molecule has 0 bridgehead atoms. The molecular formula is C10H16N6O3. The third-order valence-corrected chi connectivity index (χ3v) is 2.69. The van der Waals surface area contributed by atoms with Crippen LogP contribution in [0, 0.1) is 0 Å². The van der Waals surface area contributed by atoms with E-state index in [2.05, 4.69) is 31.0 Å². The van der Waals surface area contributed by atoms with Crippen LogP contribution in [0.2, 0.25) is 0 Å². The fourth-order valence-corrected chi connectivity index (χ4v) is 1.79. The summed E-state index contributed by atoms with van der Waals surface area (Å²) in [5.41, 5.74) is 0. The number of carbonyl (C=O) groups excluding carboxylic acids is 2. The number of methoxy groups -OCH3 is 1. The number of hydrogen-bond acceptors (Lipinski definition) is 6. The third kappa shape index (κ3) is 3.91. The number of carbonyl (C=O) groups is 2. The number of hydrogen-bond donors (Lipinski definition) is 3. The minimum Gasteiger partial charge on any atom is -0.453 e. The second-order valence-corrected chi connectivity index (χ2v) is 4.18. The minimum atomic E-state index is -0.631. The average Bonchev–Trinajstić information content (AvgIpc) is 3.01. The molecule has 0 radical (unpaired) electrons. The summed E-state index contributed by atoms with van der Waals surface area (Å²) in [5, 5.41) is 15.8. The van der Waals surface area contributed by atoms with Crippen molar-refractivity contribution < 1.29 is 14.3 Å². The molecular weight excluding hydrogens is 252 g/mol. The van der Waals surface area contributed by atoms with Crippen LogP contribution in [0.25, 0.3) is 0 Å². The Kier molecular flexibility index (Phi) is 4.29. The summed E-state index contributed by atoms with van der Waals surface area (Å²) >= 11 is 0. The highest BCUT2D eigenvalue weighted by molar-refractivity contribution is 5.82. The number of nitrogens with one attached hydrogen (secondary N) is 3. The van der Waals surface area contributed by atoms with Gasteiger partial charge in [-0.1, -0.05) is 5.21 Å². The highest BCUT2D eigenvalue weighted by atomic mass is 16.5. The Bertz CT molecular complexity index is 454. The summed E-state index contributed by atoms with van der Waals surface area (Å²) in [6.07, 6.45) is 1.76. The zero-order valence-electron chi connectivity index (χ0n) is 10.5. The Balaban J connectivity index is 1.81. The molecule has 3 N–H and O–H groups in total. The van der Waals surface area contributed by atoms with Gasteiger partial charge in [-0.3, -0.25) is 10.1 Å². The van der Waals surface area contributed by atoms with E-state index in [9.17, 15) is 9.59 Å². The van der Waals surface area contributed by atoms with Crippen LogP contribution < -0.4 is 16.0 Å². The lowest BCUT2D eigenvalue weighted by Gasteiger charge is -2.10. The monoisotopic (exact) mass is 268 g/mol. The summed E-state index contributed by atoms with van der Waals surface area (Å²) in [6.45, 7) is 1.77. The van der Waals surface area contributed by atoms with E-state index in [0.29, 0.717) is 0 Å². The van der Waals surface area contributed by atoms with Crippen LogP contribution in [0.5, 0.6) is 0 Å². The molecule has 1 aliphatic heterocycles. The van der Waals surface area contributed by atoms with Gasteiger partial charge in [0.25, 0.3) is 0 Å². The normalized spacial score (nSPS) is 18.1. The Hall–Kier alpha value is -2.16. The van der Waals surface area contributed by atoms with Crippen LogP contribution in [0.3, 0.4) is 0 Å². The smallest absolute Gasteiger partial charge is 0.412 e. The minimum absolute atomic E-state index is 0.0619. The number of rotatable bonds is 4. The van der Waals surface area contributed by atoms with Crippen LogP contribution in [0.15, 0.2) is 6.20 Å². The molecule has 1 aromatic heterocycles. The topological polar surface area (TPSA) is 110 Å². The number of ether oxygens (including phenoxy) is 1. The Morgan fingerprint density at radius 1 is 1.63 bits per heavy atom. The van der Waals surface area contributed by atoms with Crippen LogP contribution >= 0.6 is 0 Å². The number of aromatic nitrogens is 3. The summed E-state index contributed by atoms with van der Waals surface area (Å²) in [4.78, 5) is 22.7. The molecule has 2 rings (SSSR count). The molecule has 1 atom stereocenters. The molecule has 9 heteroatoms. The first-order valence-electron chi connectivity index (χ1n) is 5.92. The first kappa shape index (κ1) is 13.3. The van der Waals surface area contributed by atoms with Gasteiger partial charge < -0.3 is 15.4 Å². The number of nitrogens with zero attached hydrogens (tertiary/aromatic N) is 3. The van der Waals surface area contributed by atoms with Gasteiger partial charge in [0.05, 0.1) is 13.3 Å². The standard InChI is InChI=1S/C10H16N6O3/c1-19-10(18)13-8-5-16(15-14-8)6-9(17)12-7-2-3-11-4-7/h5,7,11H,2-4,6H2,1H3,(H,12,17)(H,13,18). The molecule has 19 heavy (non-hydrogen) atoms. The van der Waals surface area contributed by atoms with E-state index < -0.39 is 6.09 Å². The molecule has 1 aliphatic rings. The number of amides is 2. The van der Waals surface area contributed by atoms with E-state index in [-0.39, 0.29) is 24.3 Å². The zero-order chi connectivity index (χ0) is 13.7. The molecule has 0 spiro atoms. The maximum absolute atomic E-state index is 11.7. The molecule has 1 fully saturated rings. The molecule has 2 amide bonds. The van der Waals surface area contributed by atoms with E-state index in [0.717, 1.165) is 19.5 Å². The molecule has 1 unspecified atom stereocenters. The fraction of sp³-hybridized carbons (Fsp3) is 0.600. The van der Waals surface area contributed by atoms with Crippen LogP contribution in [-0.2, 0) is 16.1 Å². The van der Waals surface area contributed by atoms with Gasteiger partial charge in [0.2, 0.25) is 5.91 Å². The summed E-state index contributed by atoms with van der Waals surface area (Å²) in [6, 6.07) is 0.170. The van der Waals surface area contributed by atoms with Gasteiger partial charge >= 0.3 is 6.09 Å². The van der Waals surface area contributed by atoms with E-state index in [1.807, 2.05) is 0 Å². The zero-order valence-corrected chi connectivity index (χ0v) is 10.5. The Morgan fingerprint density at radius 2 is 2.47 bits per heavy atom. The first-order valence-corrected chi connectivity index (χ1v) is 5.92. The lowest BCUT2D eigenvalue weighted by atomic mass is 10.2. The molecule has 1 saturated heterocycles. The summed E-state index contributed by atoms with van der Waals surface area (Å²) < 4.78 is 5.77. The predicted molar refractivity (Wildman–Crippen MR) is 65.5 cm³/mol. The Morgan fingerprint density at radius 3 is 3.16 bits per heavy atom. The molecule has 2 heterocycles. The van der Waals surface area contributed by atoms with Gasteiger partial charge in [-0.2, -0.15) is 0 Å². The Labute approximate surface area is 109 Å². The molecule has 9 nitrogen and oxygen atoms in total. The molecule has 0 saturated carbocycles. The van der Waals surface area contributed by atoms with E-state index >= 15 is 0 Å². The summed E-state index contributed by atoms with van der Waals surface area (Å²) in [7, 11) is 1.25. The van der Waals surface area contributed by atoms with Crippen molar-refractivity contribution >= 4 is 17.8 Å². The van der Waals surface area contributed by atoms with Gasteiger partial charge in [0, 0.05) is 12.6 Å². The van der Waals surface area contributed by atoms with Crippen molar-refractivity contribution in [3.05, 3.63) is 6.20 Å². The number of anilines is 1. The van der Waals surface area contributed by atoms with E-state index in [1.165, 1.54) is 18.0 Å². The van der Waals surface area contributed by atoms with Gasteiger partial charge in [0.1, 0.15) is 6.54 Å². The largest absolute Gasteiger partial charge is 0.453 e. The first-order chi connectivity index (χ1) is 9.17. The van der Waals surface area contributed by atoms with Gasteiger partial charge in [-0.25, -0.2) is 9.48 Å². The fourth-order valence-electron chi connectivity index (χ4n) is 1.79. The van der Waals surface area contributed by atoms with Crippen molar-refractivity contribution in [2.45, 2.75) is 19.0 Å². The van der Waals surface area contributed by atoms with Gasteiger partial charge in [-0.05, 0) is 13.0 Å². The van der Waals surface area contributed by atoms with Crippen molar-refractivity contribution in [2.24, 2.45) is 0 Å². The molecule has 1 aromatic rings. The summed E-state index contributed by atoms with van der Waals surface area (Å²) in [5.74, 6) is 0.102. The molecule has 0 aliphatic carbocycles. The van der Waals surface area contributed by atoms with E-state index in [1.54, 1.807) is 0 Å². The van der Waals surface area contributed by atoms with Gasteiger partial charge in [-0.15, -0.1) is 5.10 Å².